The Morgan fingerprint density at radius 3 is 0.985 bits per heavy atom. The van der Waals surface area contributed by atoms with Crippen LogP contribution in [0.5, 0.6) is 57.5 Å². The summed E-state index contributed by atoms with van der Waals surface area (Å²) in [6, 6.07) is 25.9. The lowest BCUT2D eigenvalue weighted by molar-refractivity contribution is 0.0716. The average Bonchev–Trinajstić information content (AvgIpc) is 3.33. The molecule has 0 heterocycles. The molecule has 0 atom stereocenters. The second-order valence-corrected chi connectivity index (χ2v) is 14.3. The monoisotopic (exact) mass is 900 g/mol. The minimum Gasteiger partial charge on any atom is -0.496 e. The first kappa shape index (κ1) is 47.1. The Labute approximate surface area is 381 Å². The van der Waals surface area contributed by atoms with Crippen LogP contribution < -0.4 is 58.0 Å². The number of anilines is 2. The Bertz CT molecular complexity index is 2630. The molecule has 0 aliphatic rings. The van der Waals surface area contributed by atoms with E-state index in [1.807, 2.05) is 38.1 Å². The summed E-state index contributed by atoms with van der Waals surface area (Å²) in [5, 5.41) is 5.83. The smallest absolute Gasteiger partial charge is 0.347 e. The van der Waals surface area contributed by atoms with Crippen LogP contribution in [0.2, 0.25) is 0 Å². The van der Waals surface area contributed by atoms with Crippen molar-refractivity contribution in [3.8, 4) is 68.6 Å². The van der Waals surface area contributed by atoms with E-state index in [1.165, 1.54) is 118 Å². The molecule has 0 bridgehead atoms. The Morgan fingerprint density at radius 2 is 0.667 bits per heavy atom. The molecule has 0 spiro atoms. The van der Waals surface area contributed by atoms with Crippen LogP contribution in [-0.2, 0) is 0 Å². The summed E-state index contributed by atoms with van der Waals surface area (Å²) in [5.41, 5.74) is 5.41. The number of carbonyl (C=O) groups is 4. The normalized spacial score (nSPS) is 10.5. The quantitative estimate of drug-likeness (QED) is 0.0653. The third-order valence-corrected chi connectivity index (χ3v) is 10.4. The Kier molecular flexibility index (Phi) is 14.9. The number of carbonyl (C=O) groups excluding carboxylic acids is 4. The Balaban J connectivity index is 1.10. The highest BCUT2D eigenvalue weighted by molar-refractivity contribution is 6.06. The van der Waals surface area contributed by atoms with E-state index in [0.29, 0.717) is 34.4 Å². The van der Waals surface area contributed by atoms with E-state index in [2.05, 4.69) is 10.6 Å². The summed E-state index contributed by atoms with van der Waals surface area (Å²) in [6.45, 7) is 3.86. The van der Waals surface area contributed by atoms with Gasteiger partial charge in [-0.25, -0.2) is 9.59 Å². The molecule has 0 saturated carbocycles. The number of aryl methyl sites for hydroxylation is 2. The number of esters is 2. The SMILES string of the molecule is COc1cc(OC)c(C(=O)Oc2ccc(C(=O)Nc3ccc(-c4ccc(NC(=O)c5ccc(OC(=O)c6cc(OC)c(OC)cc6OC)c(OC)c5)cc4C)c(C)c3)cc2OC)cc1OC. The predicted molar refractivity (Wildman–Crippen MR) is 245 cm³/mol. The van der Waals surface area contributed by atoms with E-state index < -0.39 is 23.8 Å². The lowest BCUT2D eigenvalue weighted by Crippen LogP contribution is -2.14. The summed E-state index contributed by atoms with van der Waals surface area (Å²) in [5.74, 6) is -0.0414. The number of amides is 2. The number of methoxy groups -OCH3 is 8. The summed E-state index contributed by atoms with van der Waals surface area (Å²) in [7, 11) is 11.5. The molecule has 0 aromatic heterocycles. The third-order valence-electron chi connectivity index (χ3n) is 10.4. The van der Waals surface area contributed by atoms with Crippen LogP contribution in [-0.4, -0.2) is 80.6 Å². The first-order valence-corrected chi connectivity index (χ1v) is 20.0. The molecule has 6 aromatic carbocycles. The van der Waals surface area contributed by atoms with Gasteiger partial charge in [-0.3, -0.25) is 9.59 Å². The van der Waals surface area contributed by atoms with Crippen molar-refractivity contribution in [1.29, 1.82) is 0 Å². The largest absolute Gasteiger partial charge is 0.496 e. The van der Waals surface area contributed by atoms with Crippen LogP contribution in [0.1, 0.15) is 52.6 Å². The molecule has 0 aliphatic carbocycles. The zero-order valence-electron chi connectivity index (χ0n) is 38.0. The minimum atomic E-state index is -0.741. The van der Waals surface area contributed by atoms with Gasteiger partial charge in [-0.15, -0.1) is 0 Å². The van der Waals surface area contributed by atoms with Gasteiger partial charge in [0, 0.05) is 46.8 Å². The molecule has 66 heavy (non-hydrogen) atoms. The zero-order valence-corrected chi connectivity index (χ0v) is 38.0. The highest BCUT2D eigenvalue weighted by atomic mass is 16.6. The van der Waals surface area contributed by atoms with Gasteiger partial charge in [-0.2, -0.15) is 0 Å². The number of benzene rings is 6. The van der Waals surface area contributed by atoms with E-state index in [1.54, 1.807) is 12.1 Å². The van der Waals surface area contributed by atoms with Crippen LogP contribution in [0.3, 0.4) is 0 Å². The highest BCUT2D eigenvalue weighted by Gasteiger charge is 2.24. The van der Waals surface area contributed by atoms with Gasteiger partial charge in [0.1, 0.15) is 22.6 Å². The first-order chi connectivity index (χ1) is 31.8. The molecule has 16 nitrogen and oxygen atoms in total. The molecule has 0 saturated heterocycles. The van der Waals surface area contributed by atoms with Crippen molar-refractivity contribution in [3.63, 3.8) is 0 Å². The lowest BCUT2D eigenvalue weighted by atomic mass is 9.95. The van der Waals surface area contributed by atoms with E-state index in [0.717, 1.165) is 22.3 Å². The van der Waals surface area contributed by atoms with Crippen molar-refractivity contribution >= 4 is 35.1 Å². The molecule has 0 radical (unpaired) electrons. The van der Waals surface area contributed by atoms with Gasteiger partial charge in [-0.1, -0.05) is 12.1 Å². The molecule has 2 amide bonds. The van der Waals surface area contributed by atoms with Gasteiger partial charge in [0.15, 0.2) is 46.0 Å². The van der Waals surface area contributed by atoms with Gasteiger partial charge in [0.2, 0.25) is 0 Å². The fourth-order valence-electron chi connectivity index (χ4n) is 6.97. The molecule has 342 valence electrons. The minimum absolute atomic E-state index is 0.0846. The van der Waals surface area contributed by atoms with Crippen molar-refractivity contribution in [2.45, 2.75) is 13.8 Å². The highest BCUT2D eigenvalue weighted by Crippen LogP contribution is 2.39. The number of ether oxygens (including phenoxy) is 10. The van der Waals surface area contributed by atoms with Crippen molar-refractivity contribution in [1.82, 2.24) is 0 Å². The topological polar surface area (TPSA) is 185 Å². The average molecular weight is 901 g/mol. The zero-order chi connectivity index (χ0) is 47.7. The number of nitrogens with one attached hydrogen (secondary N) is 2. The van der Waals surface area contributed by atoms with Crippen molar-refractivity contribution in [2.24, 2.45) is 0 Å². The Hall–Kier alpha value is -8.40. The first-order valence-electron chi connectivity index (χ1n) is 20.0. The molecule has 0 aliphatic heterocycles. The number of rotatable bonds is 17. The van der Waals surface area contributed by atoms with E-state index in [4.69, 9.17) is 47.4 Å². The lowest BCUT2D eigenvalue weighted by Gasteiger charge is -2.16. The maximum absolute atomic E-state index is 13.4. The second kappa shape index (κ2) is 20.9. The molecule has 6 aromatic rings. The molecular formula is C50H48N2O14. The summed E-state index contributed by atoms with van der Waals surface area (Å²) >= 11 is 0. The van der Waals surface area contributed by atoms with Crippen LogP contribution in [0.25, 0.3) is 11.1 Å². The van der Waals surface area contributed by atoms with Gasteiger partial charge < -0.3 is 58.0 Å². The number of hydrogen-bond donors (Lipinski definition) is 2. The van der Waals surface area contributed by atoms with Crippen LogP contribution in [0.15, 0.2) is 97.1 Å². The molecule has 6 rings (SSSR count). The summed E-state index contributed by atoms with van der Waals surface area (Å²) in [6.07, 6.45) is 0. The van der Waals surface area contributed by atoms with Gasteiger partial charge in [0.05, 0.1) is 56.9 Å². The number of hydrogen-bond acceptors (Lipinski definition) is 14. The predicted octanol–water partition coefficient (Wildman–Crippen LogP) is 8.98. The van der Waals surface area contributed by atoms with E-state index in [9.17, 15) is 19.2 Å². The van der Waals surface area contributed by atoms with E-state index in [-0.39, 0.29) is 56.8 Å². The molecule has 0 fully saturated rings. The van der Waals surface area contributed by atoms with Crippen LogP contribution in [0.4, 0.5) is 11.4 Å². The van der Waals surface area contributed by atoms with Gasteiger partial charge in [-0.05, 0) is 96.8 Å². The van der Waals surface area contributed by atoms with Crippen LogP contribution in [0, 0.1) is 13.8 Å². The third kappa shape index (κ3) is 10.2. The second-order valence-electron chi connectivity index (χ2n) is 14.3. The molecular weight excluding hydrogens is 853 g/mol. The van der Waals surface area contributed by atoms with Gasteiger partial charge >= 0.3 is 11.9 Å². The summed E-state index contributed by atoms with van der Waals surface area (Å²) < 4.78 is 54.3. The Morgan fingerprint density at radius 1 is 0.348 bits per heavy atom. The van der Waals surface area contributed by atoms with Gasteiger partial charge in [0.25, 0.3) is 11.8 Å². The summed E-state index contributed by atoms with van der Waals surface area (Å²) in [4.78, 5) is 53.3. The standard InChI is InChI=1S/C50H48N2O14/c1-27-19-31(51-47(53)29-11-17-37(41(21-29)59-5)65-49(55)35-23-43(61-7)45(63-9)25-39(35)57-3)13-15-33(27)34-16-14-32(20-28(34)2)52-48(54)30-12-18-38(42(22-30)60-6)66-50(56)36-24-44(62-8)46(64-10)26-40(36)58-4/h11-26H,1-10H3,(H,51,53)(H,52,54). The van der Waals surface area contributed by atoms with Crippen molar-refractivity contribution in [2.75, 3.05) is 67.5 Å². The maximum Gasteiger partial charge on any atom is 0.347 e. The molecule has 16 heteroatoms. The van der Waals surface area contributed by atoms with Crippen LogP contribution >= 0.6 is 0 Å². The van der Waals surface area contributed by atoms with Crippen molar-refractivity contribution < 1.29 is 66.5 Å². The fraction of sp³-hybridized carbons (Fsp3) is 0.200. The van der Waals surface area contributed by atoms with Crippen molar-refractivity contribution in [3.05, 3.63) is 130 Å². The maximum atomic E-state index is 13.4. The van der Waals surface area contributed by atoms with E-state index >= 15 is 0 Å². The fourth-order valence-corrected chi connectivity index (χ4v) is 6.97. The molecule has 2 N–H and O–H groups in total. The molecule has 0 unspecified atom stereocenters.